The number of amides is 1. The number of hydrogen-bond donors (Lipinski definition) is 1. The summed E-state index contributed by atoms with van der Waals surface area (Å²) in [7, 11) is 4.16. The monoisotopic (exact) mass is 368 g/mol. The van der Waals surface area contributed by atoms with Gasteiger partial charge >= 0.3 is 0 Å². The lowest BCUT2D eigenvalue weighted by atomic mass is 10.0. The van der Waals surface area contributed by atoms with Crippen LogP contribution in [-0.2, 0) is 6.42 Å². The summed E-state index contributed by atoms with van der Waals surface area (Å²) in [5.41, 5.74) is 7.68. The van der Waals surface area contributed by atoms with Crippen LogP contribution in [0, 0.1) is 0 Å². The quantitative estimate of drug-likeness (QED) is 0.679. The molecule has 3 heteroatoms. The van der Waals surface area contributed by atoms with Crippen LogP contribution in [0.15, 0.2) is 78.4 Å². The number of nitrogens with zero attached hydrogens (tertiary/aromatic N) is 1. The van der Waals surface area contributed by atoms with Gasteiger partial charge in [0.25, 0.3) is 5.91 Å². The lowest BCUT2D eigenvalue weighted by molar-refractivity contribution is 0.102. The average Bonchev–Trinajstić information content (AvgIpc) is 3.09. The van der Waals surface area contributed by atoms with E-state index in [-0.39, 0.29) is 5.91 Å². The molecule has 0 heterocycles. The van der Waals surface area contributed by atoms with Crippen molar-refractivity contribution in [3.63, 3.8) is 0 Å². The highest BCUT2D eigenvalue weighted by atomic mass is 16.1. The fraction of sp³-hybridized carbons (Fsp3) is 0.160. The predicted molar refractivity (Wildman–Crippen MR) is 117 cm³/mol. The summed E-state index contributed by atoms with van der Waals surface area (Å²) in [4.78, 5) is 14.8. The molecule has 3 nitrogen and oxygen atoms in total. The third kappa shape index (κ3) is 4.05. The molecule has 4 rings (SSSR count). The average molecular weight is 368 g/mol. The number of fused-ring (bicyclic) bond motifs is 1. The van der Waals surface area contributed by atoms with Gasteiger partial charge in [-0.05, 0) is 67.0 Å². The van der Waals surface area contributed by atoms with E-state index in [4.69, 9.17) is 0 Å². The molecule has 3 aromatic rings. The molecule has 3 aromatic carbocycles. The van der Waals surface area contributed by atoms with Crippen LogP contribution in [0.2, 0.25) is 0 Å². The van der Waals surface area contributed by atoms with Gasteiger partial charge in [-0.25, -0.2) is 0 Å². The summed E-state index contributed by atoms with van der Waals surface area (Å²) in [6.45, 7) is 0.962. The molecule has 0 bridgehead atoms. The van der Waals surface area contributed by atoms with Crippen LogP contribution in [0.1, 0.15) is 21.5 Å². The number of likely N-dealkylation sites (N-methyl/N-ethyl adjacent to an activating group) is 1. The normalized spacial score (nSPS) is 12.6. The molecule has 0 aromatic heterocycles. The van der Waals surface area contributed by atoms with Gasteiger partial charge in [0.1, 0.15) is 0 Å². The Morgan fingerprint density at radius 1 is 0.929 bits per heavy atom. The molecule has 1 N–H and O–H groups in total. The van der Waals surface area contributed by atoms with Crippen LogP contribution >= 0.6 is 0 Å². The molecular weight excluding hydrogens is 344 g/mol. The Balaban J connectivity index is 1.44. The first-order valence-electron chi connectivity index (χ1n) is 9.52. The van der Waals surface area contributed by atoms with E-state index >= 15 is 0 Å². The molecule has 1 aliphatic rings. The highest BCUT2D eigenvalue weighted by molar-refractivity contribution is 6.04. The van der Waals surface area contributed by atoms with E-state index < -0.39 is 0 Å². The first-order chi connectivity index (χ1) is 13.6. The number of carbonyl (C=O) groups excluding carboxylic acids is 1. The van der Waals surface area contributed by atoms with E-state index in [1.807, 2.05) is 48.5 Å². The molecule has 0 atom stereocenters. The molecule has 0 unspecified atom stereocenters. The van der Waals surface area contributed by atoms with Crippen LogP contribution in [0.25, 0.3) is 17.2 Å². The Morgan fingerprint density at radius 3 is 2.36 bits per heavy atom. The summed E-state index contributed by atoms with van der Waals surface area (Å²) in [6, 6.07) is 24.1. The van der Waals surface area contributed by atoms with E-state index in [0.29, 0.717) is 5.56 Å². The van der Waals surface area contributed by atoms with Crippen molar-refractivity contribution in [2.75, 3.05) is 26.0 Å². The Kier molecular flexibility index (Phi) is 5.09. The summed E-state index contributed by atoms with van der Waals surface area (Å²) in [5.74, 6) is -0.0842. The molecule has 0 saturated heterocycles. The van der Waals surface area contributed by atoms with E-state index in [2.05, 4.69) is 54.7 Å². The molecule has 0 aliphatic heterocycles. The third-order valence-corrected chi connectivity index (χ3v) is 4.95. The maximum atomic E-state index is 12.6. The molecule has 1 amide bonds. The molecule has 0 radical (unpaired) electrons. The first kappa shape index (κ1) is 18.2. The minimum atomic E-state index is -0.0842. The van der Waals surface area contributed by atoms with Gasteiger partial charge in [0, 0.05) is 17.8 Å². The minimum absolute atomic E-state index is 0.0842. The van der Waals surface area contributed by atoms with Crippen LogP contribution in [0.3, 0.4) is 0 Å². The van der Waals surface area contributed by atoms with Gasteiger partial charge in [-0.3, -0.25) is 4.79 Å². The van der Waals surface area contributed by atoms with Crippen molar-refractivity contribution in [3.05, 3.63) is 95.1 Å². The maximum absolute atomic E-state index is 12.6. The van der Waals surface area contributed by atoms with E-state index in [0.717, 1.165) is 29.8 Å². The number of hydrogen-bond acceptors (Lipinski definition) is 2. The number of benzene rings is 3. The second-order valence-electron chi connectivity index (χ2n) is 7.53. The summed E-state index contributed by atoms with van der Waals surface area (Å²) in [6.07, 6.45) is 3.20. The van der Waals surface area contributed by atoms with Crippen LogP contribution in [0.4, 0.5) is 5.69 Å². The first-order valence-corrected chi connectivity index (χ1v) is 9.52. The van der Waals surface area contributed by atoms with Gasteiger partial charge in [-0.1, -0.05) is 60.2 Å². The maximum Gasteiger partial charge on any atom is 0.255 e. The van der Waals surface area contributed by atoms with Crippen molar-refractivity contribution in [3.8, 4) is 11.1 Å². The summed E-state index contributed by atoms with van der Waals surface area (Å²) < 4.78 is 0. The lowest BCUT2D eigenvalue weighted by Gasteiger charge is -2.10. The predicted octanol–water partition coefficient (Wildman–Crippen LogP) is 5.11. The van der Waals surface area contributed by atoms with Crippen molar-refractivity contribution in [1.29, 1.82) is 0 Å². The van der Waals surface area contributed by atoms with Gasteiger partial charge in [-0.15, -0.1) is 0 Å². The van der Waals surface area contributed by atoms with Gasteiger partial charge < -0.3 is 10.2 Å². The second-order valence-corrected chi connectivity index (χ2v) is 7.53. The highest BCUT2D eigenvalue weighted by Crippen LogP contribution is 2.28. The van der Waals surface area contributed by atoms with Gasteiger partial charge in [0.2, 0.25) is 0 Å². The minimum Gasteiger partial charge on any atom is -0.322 e. The molecule has 28 heavy (non-hydrogen) atoms. The fourth-order valence-electron chi connectivity index (χ4n) is 3.65. The smallest absolute Gasteiger partial charge is 0.255 e. The number of nitrogens with one attached hydrogen (secondary N) is 1. The molecule has 1 aliphatic carbocycles. The number of rotatable bonds is 5. The van der Waals surface area contributed by atoms with Crippen molar-refractivity contribution in [1.82, 2.24) is 4.90 Å². The Bertz CT molecular complexity index is 1020. The van der Waals surface area contributed by atoms with E-state index in [1.165, 1.54) is 16.7 Å². The zero-order valence-corrected chi connectivity index (χ0v) is 16.3. The largest absolute Gasteiger partial charge is 0.322 e. The van der Waals surface area contributed by atoms with Crippen molar-refractivity contribution in [2.45, 2.75) is 6.42 Å². The third-order valence-electron chi connectivity index (χ3n) is 4.95. The molecule has 0 spiro atoms. The topological polar surface area (TPSA) is 32.3 Å². The summed E-state index contributed by atoms with van der Waals surface area (Å²) in [5, 5.41) is 3.03. The molecular formula is C25H24N2O. The zero-order chi connectivity index (χ0) is 19.5. The SMILES string of the molecule is CN(C)CC1=Cc2ccc(NC(=O)c3ccc(-c4ccccc4)cc3)cc2C1. The molecule has 0 fully saturated rings. The highest BCUT2D eigenvalue weighted by Gasteiger charge is 2.15. The molecule has 140 valence electrons. The zero-order valence-electron chi connectivity index (χ0n) is 16.3. The fourth-order valence-corrected chi connectivity index (χ4v) is 3.65. The van der Waals surface area contributed by atoms with E-state index in [9.17, 15) is 4.79 Å². The Labute approximate surface area is 166 Å². The van der Waals surface area contributed by atoms with Crippen molar-refractivity contribution >= 4 is 17.7 Å². The molecule has 0 saturated carbocycles. The van der Waals surface area contributed by atoms with Crippen molar-refractivity contribution in [2.24, 2.45) is 0 Å². The van der Waals surface area contributed by atoms with Gasteiger partial charge in [0.05, 0.1) is 0 Å². The number of carbonyl (C=O) groups is 1. The van der Waals surface area contributed by atoms with E-state index in [1.54, 1.807) is 0 Å². The van der Waals surface area contributed by atoms with Crippen LogP contribution in [0.5, 0.6) is 0 Å². The Hall–Kier alpha value is -3.17. The van der Waals surface area contributed by atoms with Gasteiger partial charge in [0.15, 0.2) is 0 Å². The second kappa shape index (κ2) is 7.83. The number of anilines is 1. The van der Waals surface area contributed by atoms with Crippen LogP contribution in [-0.4, -0.2) is 31.4 Å². The van der Waals surface area contributed by atoms with Crippen LogP contribution < -0.4 is 5.32 Å². The standard InChI is InChI=1S/C25H24N2O/c1-27(2)17-18-14-22-12-13-24(16-23(22)15-18)26-25(28)21-10-8-20(9-11-21)19-6-4-3-5-7-19/h3-14,16H,15,17H2,1-2H3,(H,26,28). The van der Waals surface area contributed by atoms with Crippen molar-refractivity contribution < 1.29 is 4.79 Å². The van der Waals surface area contributed by atoms with Gasteiger partial charge in [-0.2, -0.15) is 0 Å². The lowest BCUT2D eigenvalue weighted by Crippen LogP contribution is -2.15. The summed E-state index contributed by atoms with van der Waals surface area (Å²) >= 11 is 0. The Morgan fingerprint density at radius 2 is 1.64 bits per heavy atom.